The lowest BCUT2D eigenvalue weighted by Gasteiger charge is -2.05. The molecule has 0 atom stereocenters. The topological polar surface area (TPSA) is 83.5 Å². The number of hydrogen-bond donors (Lipinski definition) is 2. The zero-order chi connectivity index (χ0) is 15.9. The van der Waals surface area contributed by atoms with Crippen LogP contribution in [0, 0.1) is 6.92 Å². The molecule has 0 spiro atoms. The smallest absolute Gasteiger partial charge is 0.318 e. The summed E-state index contributed by atoms with van der Waals surface area (Å²) < 4.78 is 0. The maximum Gasteiger partial charge on any atom is 0.329 e. The summed E-state index contributed by atoms with van der Waals surface area (Å²) in [5.41, 5.74) is 4.97. The van der Waals surface area contributed by atoms with Crippen LogP contribution in [-0.4, -0.2) is 22.5 Å². The molecule has 2 N–H and O–H groups in total. The molecule has 0 saturated heterocycles. The molecule has 112 valence electrons. The van der Waals surface area contributed by atoms with Gasteiger partial charge in [0.25, 0.3) is 0 Å². The number of carbonyl (C=O) groups excluding carboxylic acids is 2. The van der Waals surface area contributed by atoms with E-state index in [1.54, 1.807) is 37.4 Å². The van der Waals surface area contributed by atoms with Crippen LogP contribution < -0.4 is 10.7 Å². The van der Waals surface area contributed by atoms with Crippen LogP contribution >= 0.6 is 0 Å². The van der Waals surface area contributed by atoms with E-state index in [0.717, 1.165) is 5.56 Å². The van der Waals surface area contributed by atoms with E-state index in [1.807, 2.05) is 25.1 Å². The third-order valence-corrected chi connectivity index (χ3v) is 2.88. The number of benzene rings is 1. The SMILES string of the molecule is C/C(=N\NC(=O)C(=O)Nc1ccc(C)cc1)c1ccccn1. The monoisotopic (exact) mass is 296 g/mol. The Hall–Kier alpha value is -3.02. The van der Waals surface area contributed by atoms with E-state index in [0.29, 0.717) is 17.1 Å². The van der Waals surface area contributed by atoms with Gasteiger partial charge in [0.2, 0.25) is 0 Å². The minimum absolute atomic E-state index is 0.511. The first-order valence-corrected chi connectivity index (χ1v) is 6.70. The molecule has 0 aliphatic rings. The van der Waals surface area contributed by atoms with Gasteiger partial charge in [-0.05, 0) is 38.1 Å². The summed E-state index contributed by atoms with van der Waals surface area (Å²) >= 11 is 0. The Kier molecular flexibility index (Phi) is 4.98. The number of nitrogens with zero attached hydrogens (tertiary/aromatic N) is 2. The number of aryl methyl sites for hydroxylation is 1. The molecule has 6 nitrogen and oxygen atoms in total. The first kappa shape index (κ1) is 15.4. The van der Waals surface area contributed by atoms with Crippen LogP contribution in [-0.2, 0) is 9.59 Å². The standard InChI is InChI=1S/C16H16N4O2/c1-11-6-8-13(9-7-11)18-15(21)16(22)20-19-12(2)14-5-3-4-10-17-14/h3-10H,1-2H3,(H,18,21)(H,20,22)/b19-12+. The molecule has 1 aromatic heterocycles. The molecule has 0 unspecified atom stereocenters. The largest absolute Gasteiger partial charge is 0.329 e. The molecule has 0 aliphatic heterocycles. The van der Waals surface area contributed by atoms with Crippen molar-refractivity contribution in [1.82, 2.24) is 10.4 Å². The van der Waals surface area contributed by atoms with Crippen molar-refractivity contribution in [2.45, 2.75) is 13.8 Å². The van der Waals surface area contributed by atoms with Gasteiger partial charge in [-0.3, -0.25) is 14.6 Å². The van der Waals surface area contributed by atoms with E-state index in [-0.39, 0.29) is 0 Å². The predicted octanol–water partition coefficient (Wildman–Crippen LogP) is 1.87. The van der Waals surface area contributed by atoms with Gasteiger partial charge in [-0.15, -0.1) is 0 Å². The number of aromatic nitrogens is 1. The van der Waals surface area contributed by atoms with Gasteiger partial charge >= 0.3 is 11.8 Å². The minimum atomic E-state index is -0.837. The highest BCUT2D eigenvalue weighted by Gasteiger charge is 2.13. The number of nitrogens with one attached hydrogen (secondary N) is 2. The number of amides is 2. The van der Waals surface area contributed by atoms with Gasteiger partial charge in [-0.25, -0.2) is 5.43 Å². The zero-order valence-corrected chi connectivity index (χ0v) is 12.3. The van der Waals surface area contributed by atoms with Gasteiger partial charge in [0.05, 0.1) is 11.4 Å². The number of rotatable bonds is 3. The van der Waals surface area contributed by atoms with Gasteiger partial charge in [-0.1, -0.05) is 23.8 Å². The normalized spacial score (nSPS) is 10.9. The van der Waals surface area contributed by atoms with Crippen molar-refractivity contribution < 1.29 is 9.59 Å². The van der Waals surface area contributed by atoms with Crippen molar-refractivity contribution in [3.8, 4) is 0 Å². The molecule has 0 bridgehead atoms. The van der Waals surface area contributed by atoms with Crippen LogP contribution in [0.15, 0.2) is 53.8 Å². The first-order valence-electron chi connectivity index (χ1n) is 6.70. The highest BCUT2D eigenvalue weighted by molar-refractivity contribution is 6.39. The van der Waals surface area contributed by atoms with Crippen molar-refractivity contribution in [3.63, 3.8) is 0 Å². The minimum Gasteiger partial charge on any atom is -0.318 e. The summed E-state index contributed by atoms with van der Waals surface area (Å²) in [6, 6.07) is 12.5. The van der Waals surface area contributed by atoms with E-state index in [2.05, 4.69) is 20.8 Å². The Morgan fingerprint density at radius 1 is 1.05 bits per heavy atom. The van der Waals surface area contributed by atoms with Crippen molar-refractivity contribution in [2.75, 3.05) is 5.32 Å². The van der Waals surface area contributed by atoms with Crippen molar-refractivity contribution >= 4 is 23.2 Å². The molecule has 0 fully saturated rings. The second kappa shape index (κ2) is 7.12. The molecule has 2 aromatic rings. The Bertz CT molecular complexity index is 694. The average Bonchev–Trinajstić information content (AvgIpc) is 2.55. The van der Waals surface area contributed by atoms with Gasteiger partial charge in [0.15, 0.2) is 0 Å². The van der Waals surface area contributed by atoms with Gasteiger partial charge < -0.3 is 5.32 Å². The lowest BCUT2D eigenvalue weighted by molar-refractivity contribution is -0.136. The number of hydrazone groups is 1. The van der Waals surface area contributed by atoms with E-state index in [1.165, 1.54) is 0 Å². The van der Waals surface area contributed by atoms with Crippen LogP contribution in [0.4, 0.5) is 5.69 Å². The summed E-state index contributed by atoms with van der Waals surface area (Å²) in [6.45, 7) is 3.63. The molecular weight excluding hydrogens is 280 g/mol. The highest BCUT2D eigenvalue weighted by atomic mass is 16.2. The predicted molar refractivity (Wildman–Crippen MR) is 84.4 cm³/mol. The molecule has 1 aromatic carbocycles. The zero-order valence-electron chi connectivity index (χ0n) is 12.3. The third-order valence-electron chi connectivity index (χ3n) is 2.88. The van der Waals surface area contributed by atoms with E-state index in [4.69, 9.17) is 0 Å². The highest BCUT2D eigenvalue weighted by Crippen LogP contribution is 2.08. The Balaban J connectivity index is 1.94. The number of pyridine rings is 1. The maximum absolute atomic E-state index is 11.7. The number of anilines is 1. The summed E-state index contributed by atoms with van der Waals surface area (Å²) in [5, 5.41) is 6.36. The van der Waals surface area contributed by atoms with Crippen molar-refractivity contribution in [3.05, 3.63) is 59.9 Å². The van der Waals surface area contributed by atoms with Crippen LogP contribution in [0.5, 0.6) is 0 Å². The molecule has 2 amide bonds. The molecule has 1 heterocycles. The second-order valence-corrected chi connectivity index (χ2v) is 4.67. The molecule has 0 aliphatic carbocycles. The first-order chi connectivity index (χ1) is 10.6. The molecule has 0 radical (unpaired) electrons. The summed E-state index contributed by atoms with van der Waals surface area (Å²) in [7, 11) is 0. The summed E-state index contributed by atoms with van der Waals surface area (Å²) in [4.78, 5) is 27.5. The lowest BCUT2D eigenvalue weighted by atomic mass is 10.2. The van der Waals surface area contributed by atoms with E-state index >= 15 is 0 Å². The summed E-state index contributed by atoms with van der Waals surface area (Å²) in [6.07, 6.45) is 1.63. The quantitative estimate of drug-likeness (QED) is 0.515. The molecule has 22 heavy (non-hydrogen) atoms. The summed E-state index contributed by atoms with van der Waals surface area (Å²) in [5.74, 6) is -1.61. The number of carbonyl (C=O) groups is 2. The Labute approximate surface area is 128 Å². The van der Waals surface area contributed by atoms with Crippen LogP contribution in [0.1, 0.15) is 18.2 Å². The van der Waals surface area contributed by atoms with Crippen LogP contribution in [0.2, 0.25) is 0 Å². The lowest BCUT2D eigenvalue weighted by Crippen LogP contribution is -2.33. The molecule has 6 heteroatoms. The van der Waals surface area contributed by atoms with Gasteiger partial charge in [0, 0.05) is 11.9 Å². The van der Waals surface area contributed by atoms with Crippen LogP contribution in [0.3, 0.4) is 0 Å². The molecular formula is C16H16N4O2. The number of hydrogen-bond acceptors (Lipinski definition) is 4. The van der Waals surface area contributed by atoms with E-state index < -0.39 is 11.8 Å². The Morgan fingerprint density at radius 2 is 1.77 bits per heavy atom. The third kappa shape index (κ3) is 4.24. The average molecular weight is 296 g/mol. The van der Waals surface area contributed by atoms with Crippen molar-refractivity contribution in [1.29, 1.82) is 0 Å². The molecule has 2 rings (SSSR count). The fraction of sp³-hybridized carbons (Fsp3) is 0.125. The van der Waals surface area contributed by atoms with E-state index in [9.17, 15) is 9.59 Å². The molecule has 0 saturated carbocycles. The Morgan fingerprint density at radius 3 is 2.41 bits per heavy atom. The van der Waals surface area contributed by atoms with Crippen LogP contribution in [0.25, 0.3) is 0 Å². The fourth-order valence-electron chi connectivity index (χ4n) is 1.64. The van der Waals surface area contributed by atoms with Gasteiger partial charge in [-0.2, -0.15) is 5.10 Å². The maximum atomic E-state index is 11.7. The second-order valence-electron chi connectivity index (χ2n) is 4.67. The fourth-order valence-corrected chi connectivity index (χ4v) is 1.64. The van der Waals surface area contributed by atoms with Crippen molar-refractivity contribution in [2.24, 2.45) is 5.10 Å². The van der Waals surface area contributed by atoms with Gasteiger partial charge in [0.1, 0.15) is 0 Å².